The molecule has 0 spiro atoms. The second-order valence-corrected chi connectivity index (χ2v) is 6.92. The van der Waals surface area contributed by atoms with Crippen LogP contribution in [0.5, 0.6) is 5.75 Å². The number of ether oxygens (including phenoxy) is 1. The molecule has 1 aromatic rings. The van der Waals surface area contributed by atoms with Gasteiger partial charge in [-0.2, -0.15) is 0 Å². The summed E-state index contributed by atoms with van der Waals surface area (Å²) in [5.41, 5.74) is 0.965. The Kier molecular flexibility index (Phi) is 4.27. The Labute approximate surface area is 138 Å². The molecule has 0 aliphatic carbocycles. The van der Waals surface area contributed by atoms with E-state index < -0.39 is 4.92 Å². The molecule has 0 amide bonds. The summed E-state index contributed by atoms with van der Waals surface area (Å²) < 4.78 is 5.95. The zero-order valence-corrected chi connectivity index (χ0v) is 14.4. The van der Waals surface area contributed by atoms with Gasteiger partial charge in [-0.05, 0) is 48.3 Å². The number of anilines is 1. The van der Waals surface area contributed by atoms with Crippen molar-refractivity contribution in [3.8, 4) is 5.75 Å². The first-order chi connectivity index (χ1) is 10.5. The molecule has 2 unspecified atom stereocenters. The van der Waals surface area contributed by atoms with Gasteiger partial charge < -0.3 is 14.5 Å². The molecule has 2 fully saturated rings. The third kappa shape index (κ3) is 2.67. The minimum atomic E-state index is -0.412. The normalized spacial score (nSPS) is 25.1. The molecule has 2 aliphatic heterocycles. The molecule has 6 nitrogen and oxygen atoms in total. The Hall–Kier alpha value is -1.34. The fraction of sp³-hybridized carbons (Fsp3) is 0.600. The first-order valence-electron chi connectivity index (χ1n) is 7.48. The van der Waals surface area contributed by atoms with Gasteiger partial charge in [-0.3, -0.25) is 10.1 Å². The number of piperidine rings is 1. The molecule has 2 saturated heterocycles. The number of likely N-dealkylation sites (N-methyl/N-ethyl adjacent to an activating group) is 1. The third-order valence-electron chi connectivity index (χ3n) is 4.93. The Morgan fingerprint density at radius 3 is 2.77 bits per heavy atom. The van der Waals surface area contributed by atoms with E-state index in [1.165, 1.54) is 20.0 Å². The second-order valence-electron chi connectivity index (χ2n) is 6.06. The number of benzene rings is 1. The maximum atomic E-state index is 11.1. The quantitative estimate of drug-likeness (QED) is 0.605. The predicted molar refractivity (Wildman–Crippen MR) is 88.7 cm³/mol. The monoisotopic (exact) mass is 369 g/mol. The molecule has 2 atom stereocenters. The van der Waals surface area contributed by atoms with Crippen LogP contribution in [0, 0.1) is 16.0 Å². The molecular formula is C15H20BrN3O3. The van der Waals surface area contributed by atoms with Crippen LogP contribution < -0.4 is 9.64 Å². The summed E-state index contributed by atoms with van der Waals surface area (Å²) in [6.07, 6.45) is 2.44. The van der Waals surface area contributed by atoms with Crippen LogP contribution in [0.3, 0.4) is 0 Å². The number of methoxy groups -OCH3 is 1. The summed E-state index contributed by atoms with van der Waals surface area (Å²) in [5, 5.41) is 11.1. The zero-order valence-electron chi connectivity index (χ0n) is 12.8. The van der Waals surface area contributed by atoms with Gasteiger partial charge >= 0.3 is 5.69 Å². The number of nitro benzene ring substituents is 1. The van der Waals surface area contributed by atoms with Crippen LogP contribution in [0.4, 0.5) is 11.4 Å². The number of rotatable bonds is 3. The van der Waals surface area contributed by atoms with E-state index in [0.717, 1.165) is 35.7 Å². The smallest absolute Gasteiger partial charge is 0.312 e. The van der Waals surface area contributed by atoms with Crippen molar-refractivity contribution in [3.63, 3.8) is 0 Å². The van der Waals surface area contributed by atoms with Gasteiger partial charge in [0.2, 0.25) is 0 Å². The van der Waals surface area contributed by atoms with Crippen molar-refractivity contribution in [3.05, 3.63) is 26.7 Å². The largest absolute Gasteiger partial charge is 0.490 e. The minimum absolute atomic E-state index is 0.00834. The molecule has 0 bridgehead atoms. The predicted octanol–water partition coefficient (Wildman–Crippen LogP) is 2.90. The number of nitrogens with zero attached hydrogens (tertiary/aromatic N) is 3. The van der Waals surface area contributed by atoms with Gasteiger partial charge in [0.05, 0.1) is 17.7 Å². The maximum Gasteiger partial charge on any atom is 0.312 e. The fourth-order valence-corrected chi connectivity index (χ4v) is 4.23. The van der Waals surface area contributed by atoms with Crippen molar-refractivity contribution in [2.75, 3.05) is 38.7 Å². The Morgan fingerprint density at radius 2 is 2.09 bits per heavy atom. The van der Waals surface area contributed by atoms with Gasteiger partial charge in [0.1, 0.15) is 0 Å². The Morgan fingerprint density at radius 1 is 1.36 bits per heavy atom. The number of hydrogen-bond donors (Lipinski definition) is 0. The van der Waals surface area contributed by atoms with E-state index in [2.05, 4.69) is 32.8 Å². The fourth-order valence-electron chi connectivity index (χ4n) is 3.65. The average Bonchev–Trinajstić information content (AvgIpc) is 2.88. The number of hydrogen-bond acceptors (Lipinski definition) is 5. The average molecular weight is 370 g/mol. The van der Waals surface area contributed by atoms with Gasteiger partial charge in [-0.15, -0.1) is 0 Å². The summed E-state index contributed by atoms with van der Waals surface area (Å²) in [7, 11) is 3.65. The highest BCUT2D eigenvalue weighted by Gasteiger charge is 2.37. The van der Waals surface area contributed by atoms with Crippen molar-refractivity contribution in [1.82, 2.24) is 4.90 Å². The SMILES string of the molecule is COc1cc(N2CCC3CCN(C)C3C2)c(Br)cc1[N+](=O)[O-]. The zero-order chi connectivity index (χ0) is 15.9. The Bertz CT molecular complexity index is 596. The lowest BCUT2D eigenvalue weighted by atomic mass is 9.92. The third-order valence-corrected chi connectivity index (χ3v) is 5.56. The summed E-state index contributed by atoms with van der Waals surface area (Å²) >= 11 is 3.49. The molecule has 1 aromatic carbocycles. The molecule has 0 radical (unpaired) electrons. The van der Waals surface area contributed by atoms with Gasteiger partial charge in [0, 0.05) is 35.7 Å². The van der Waals surface area contributed by atoms with E-state index in [-0.39, 0.29) is 5.69 Å². The molecule has 3 rings (SSSR count). The maximum absolute atomic E-state index is 11.1. The van der Waals surface area contributed by atoms with Crippen LogP contribution in [0.15, 0.2) is 16.6 Å². The van der Waals surface area contributed by atoms with Crippen LogP contribution in [-0.2, 0) is 0 Å². The minimum Gasteiger partial charge on any atom is -0.490 e. The van der Waals surface area contributed by atoms with E-state index in [4.69, 9.17) is 4.74 Å². The number of nitro groups is 1. The summed E-state index contributed by atoms with van der Waals surface area (Å²) in [5.74, 6) is 1.09. The molecule has 0 aromatic heterocycles. The lowest BCUT2D eigenvalue weighted by Crippen LogP contribution is -2.47. The van der Waals surface area contributed by atoms with Crippen molar-refractivity contribution in [1.29, 1.82) is 0 Å². The number of fused-ring (bicyclic) bond motifs is 1. The number of likely N-dealkylation sites (tertiary alicyclic amines) is 1. The van der Waals surface area contributed by atoms with Crippen LogP contribution in [0.1, 0.15) is 12.8 Å². The lowest BCUT2D eigenvalue weighted by molar-refractivity contribution is -0.385. The summed E-state index contributed by atoms with van der Waals surface area (Å²) in [6.45, 7) is 3.10. The molecule has 0 N–H and O–H groups in total. The lowest BCUT2D eigenvalue weighted by Gasteiger charge is -2.39. The van der Waals surface area contributed by atoms with Gasteiger partial charge in [0.15, 0.2) is 5.75 Å². The highest BCUT2D eigenvalue weighted by Crippen LogP contribution is 2.40. The molecule has 0 saturated carbocycles. The van der Waals surface area contributed by atoms with E-state index >= 15 is 0 Å². The van der Waals surface area contributed by atoms with Gasteiger partial charge in [-0.25, -0.2) is 0 Å². The standard InChI is InChI=1S/C15H20BrN3O3/c1-17-5-3-10-4-6-18(9-14(10)17)12-8-15(22-2)13(19(20)21)7-11(12)16/h7-8,10,14H,3-6,9H2,1-2H3. The molecule has 2 heterocycles. The molecule has 7 heteroatoms. The molecule has 2 aliphatic rings. The van der Waals surface area contributed by atoms with Crippen LogP contribution in [-0.4, -0.2) is 49.7 Å². The molecule has 22 heavy (non-hydrogen) atoms. The summed E-state index contributed by atoms with van der Waals surface area (Å²) in [4.78, 5) is 15.4. The van der Waals surface area contributed by atoms with Crippen molar-refractivity contribution < 1.29 is 9.66 Å². The van der Waals surface area contributed by atoms with Crippen LogP contribution in [0.2, 0.25) is 0 Å². The number of halogens is 1. The van der Waals surface area contributed by atoms with E-state index in [0.29, 0.717) is 11.8 Å². The van der Waals surface area contributed by atoms with Crippen molar-refractivity contribution in [2.45, 2.75) is 18.9 Å². The van der Waals surface area contributed by atoms with Gasteiger partial charge in [0.25, 0.3) is 0 Å². The first kappa shape index (κ1) is 15.6. The van der Waals surface area contributed by atoms with Crippen molar-refractivity contribution in [2.24, 2.45) is 5.92 Å². The Balaban J connectivity index is 1.90. The highest BCUT2D eigenvalue weighted by molar-refractivity contribution is 9.10. The topological polar surface area (TPSA) is 58.8 Å². The van der Waals surface area contributed by atoms with Crippen molar-refractivity contribution >= 4 is 27.3 Å². The first-order valence-corrected chi connectivity index (χ1v) is 8.27. The van der Waals surface area contributed by atoms with Crippen LogP contribution in [0.25, 0.3) is 0 Å². The molecular weight excluding hydrogens is 350 g/mol. The van der Waals surface area contributed by atoms with E-state index in [9.17, 15) is 10.1 Å². The second kappa shape index (κ2) is 6.04. The summed E-state index contributed by atoms with van der Waals surface area (Å²) in [6, 6.07) is 3.89. The van der Waals surface area contributed by atoms with E-state index in [1.54, 1.807) is 12.1 Å². The van der Waals surface area contributed by atoms with Crippen LogP contribution >= 0.6 is 15.9 Å². The van der Waals surface area contributed by atoms with E-state index in [1.807, 2.05) is 0 Å². The molecule has 120 valence electrons. The highest BCUT2D eigenvalue weighted by atomic mass is 79.9. The van der Waals surface area contributed by atoms with Gasteiger partial charge in [-0.1, -0.05) is 0 Å².